The quantitative estimate of drug-likeness (QED) is 0.613. The summed E-state index contributed by atoms with van der Waals surface area (Å²) in [6.45, 7) is 3.88. The van der Waals surface area contributed by atoms with E-state index in [2.05, 4.69) is 35.2 Å². The van der Waals surface area contributed by atoms with Gasteiger partial charge in [0.15, 0.2) is 0 Å². The summed E-state index contributed by atoms with van der Waals surface area (Å²) in [6, 6.07) is 27.6. The Bertz CT molecular complexity index is 1140. The van der Waals surface area contributed by atoms with Gasteiger partial charge in [-0.1, -0.05) is 60.7 Å². The van der Waals surface area contributed by atoms with Crippen LogP contribution in [-0.2, 0) is 10.0 Å². The van der Waals surface area contributed by atoms with E-state index in [1.165, 1.54) is 11.1 Å². The highest BCUT2D eigenvalue weighted by Crippen LogP contribution is 2.30. The molecule has 0 unspecified atom stereocenters. The van der Waals surface area contributed by atoms with Gasteiger partial charge in [0.1, 0.15) is 0 Å². The molecule has 0 aromatic heterocycles. The van der Waals surface area contributed by atoms with Crippen molar-refractivity contribution in [2.45, 2.75) is 17.9 Å². The van der Waals surface area contributed by atoms with E-state index < -0.39 is 10.0 Å². The SMILES string of the molecule is Cc1cc(C#N)ccc1S(=O)(=O)N1CCN(C(c2ccccc2)c2ccccc2)CC1. The van der Waals surface area contributed by atoms with Crippen LogP contribution >= 0.6 is 0 Å². The summed E-state index contributed by atoms with van der Waals surface area (Å²) in [7, 11) is -3.60. The fourth-order valence-electron chi connectivity index (χ4n) is 4.23. The lowest BCUT2D eigenvalue weighted by atomic mass is 9.96. The molecule has 158 valence electrons. The number of sulfonamides is 1. The van der Waals surface area contributed by atoms with Crippen LogP contribution in [0.25, 0.3) is 0 Å². The third-order valence-electron chi connectivity index (χ3n) is 5.79. The first-order valence-corrected chi connectivity index (χ1v) is 11.8. The van der Waals surface area contributed by atoms with Gasteiger partial charge in [-0.3, -0.25) is 4.90 Å². The highest BCUT2D eigenvalue weighted by molar-refractivity contribution is 7.89. The summed E-state index contributed by atoms with van der Waals surface area (Å²) < 4.78 is 28.1. The van der Waals surface area contributed by atoms with Gasteiger partial charge in [-0.2, -0.15) is 9.57 Å². The Kier molecular flexibility index (Phi) is 6.19. The Labute approximate surface area is 184 Å². The van der Waals surface area contributed by atoms with Crippen LogP contribution in [0.1, 0.15) is 28.3 Å². The second-order valence-electron chi connectivity index (χ2n) is 7.76. The maximum Gasteiger partial charge on any atom is 0.243 e. The zero-order valence-electron chi connectivity index (χ0n) is 17.5. The van der Waals surface area contributed by atoms with Gasteiger partial charge >= 0.3 is 0 Å². The van der Waals surface area contributed by atoms with Crippen molar-refractivity contribution in [3.8, 4) is 6.07 Å². The molecule has 0 aliphatic carbocycles. The average Bonchev–Trinajstić information content (AvgIpc) is 2.81. The van der Waals surface area contributed by atoms with E-state index in [9.17, 15) is 8.42 Å². The Morgan fingerprint density at radius 3 is 1.87 bits per heavy atom. The molecule has 5 nitrogen and oxygen atoms in total. The normalized spacial score (nSPS) is 15.6. The number of nitrogens with zero attached hydrogens (tertiary/aromatic N) is 3. The molecule has 3 aromatic rings. The van der Waals surface area contributed by atoms with Crippen molar-refractivity contribution >= 4 is 10.0 Å². The van der Waals surface area contributed by atoms with Crippen LogP contribution in [-0.4, -0.2) is 43.8 Å². The molecule has 1 saturated heterocycles. The number of hydrogen-bond acceptors (Lipinski definition) is 4. The highest BCUT2D eigenvalue weighted by atomic mass is 32.2. The molecular weight excluding hydrogens is 406 g/mol. The van der Waals surface area contributed by atoms with E-state index in [4.69, 9.17) is 5.26 Å². The minimum absolute atomic E-state index is 0.0869. The molecule has 3 aromatic carbocycles. The van der Waals surface area contributed by atoms with Crippen LogP contribution < -0.4 is 0 Å². The van der Waals surface area contributed by atoms with Gasteiger partial charge in [0, 0.05) is 26.2 Å². The number of benzene rings is 3. The molecule has 0 bridgehead atoms. The van der Waals surface area contributed by atoms with E-state index in [1.54, 1.807) is 29.4 Å². The van der Waals surface area contributed by atoms with Crippen molar-refractivity contribution in [3.05, 3.63) is 101 Å². The standard InChI is InChI=1S/C25H25N3O2S/c1-20-18-21(19-26)12-13-24(20)31(29,30)28-16-14-27(15-17-28)25(22-8-4-2-5-9-22)23-10-6-3-7-11-23/h2-13,18,25H,14-17H2,1H3. The van der Waals surface area contributed by atoms with Crippen LogP contribution in [0.15, 0.2) is 83.8 Å². The molecule has 1 heterocycles. The zero-order chi connectivity index (χ0) is 21.8. The summed E-state index contributed by atoms with van der Waals surface area (Å²) in [5, 5.41) is 9.06. The summed E-state index contributed by atoms with van der Waals surface area (Å²) >= 11 is 0. The average molecular weight is 432 g/mol. The molecular formula is C25H25N3O2S. The van der Waals surface area contributed by atoms with Gasteiger partial charge in [0.25, 0.3) is 0 Å². The number of nitriles is 1. The van der Waals surface area contributed by atoms with Crippen LogP contribution in [0.4, 0.5) is 0 Å². The third kappa shape index (κ3) is 4.40. The van der Waals surface area contributed by atoms with Crippen molar-refractivity contribution in [2.24, 2.45) is 0 Å². The maximum absolute atomic E-state index is 13.2. The molecule has 0 amide bonds. The minimum atomic E-state index is -3.60. The van der Waals surface area contributed by atoms with Crippen molar-refractivity contribution in [2.75, 3.05) is 26.2 Å². The van der Waals surface area contributed by atoms with Gasteiger partial charge in [0.2, 0.25) is 10.0 Å². The van der Waals surface area contributed by atoms with Crippen molar-refractivity contribution < 1.29 is 8.42 Å². The fourth-order valence-corrected chi connectivity index (χ4v) is 5.86. The summed E-state index contributed by atoms with van der Waals surface area (Å²) in [6.07, 6.45) is 0. The summed E-state index contributed by atoms with van der Waals surface area (Å²) in [4.78, 5) is 2.63. The Morgan fingerprint density at radius 1 is 0.839 bits per heavy atom. The minimum Gasteiger partial charge on any atom is -0.290 e. The number of aryl methyl sites for hydroxylation is 1. The van der Waals surface area contributed by atoms with E-state index in [-0.39, 0.29) is 10.9 Å². The predicted octanol–water partition coefficient (Wildman–Crippen LogP) is 3.96. The predicted molar refractivity (Wildman–Crippen MR) is 121 cm³/mol. The molecule has 4 rings (SSSR count). The molecule has 0 atom stereocenters. The Hall–Kier alpha value is -2.98. The molecule has 1 aliphatic heterocycles. The van der Waals surface area contributed by atoms with Crippen molar-refractivity contribution in [1.29, 1.82) is 5.26 Å². The maximum atomic E-state index is 13.2. The van der Waals surface area contributed by atoms with E-state index in [0.717, 1.165) is 0 Å². The number of rotatable bonds is 5. The summed E-state index contributed by atoms with van der Waals surface area (Å²) in [5.41, 5.74) is 3.48. The van der Waals surface area contributed by atoms with Gasteiger partial charge in [-0.25, -0.2) is 8.42 Å². The smallest absolute Gasteiger partial charge is 0.243 e. The van der Waals surface area contributed by atoms with Gasteiger partial charge in [-0.15, -0.1) is 0 Å². The molecule has 0 spiro atoms. The number of piperazine rings is 1. The first-order chi connectivity index (χ1) is 15.0. The molecule has 0 N–H and O–H groups in total. The van der Waals surface area contributed by atoms with Gasteiger partial charge < -0.3 is 0 Å². The first kappa shape index (κ1) is 21.3. The Balaban J connectivity index is 1.56. The van der Waals surface area contributed by atoms with Crippen LogP contribution in [0.2, 0.25) is 0 Å². The second kappa shape index (κ2) is 9.03. The van der Waals surface area contributed by atoms with Crippen LogP contribution in [0.3, 0.4) is 0 Å². The molecule has 0 radical (unpaired) electrons. The Morgan fingerprint density at radius 2 is 1.39 bits per heavy atom. The highest BCUT2D eigenvalue weighted by Gasteiger charge is 2.32. The summed E-state index contributed by atoms with van der Waals surface area (Å²) in [5.74, 6) is 0. The van der Waals surface area contributed by atoms with Gasteiger partial charge in [0.05, 0.1) is 22.6 Å². The van der Waals surface area contributed by atoms with Gasteiger partial charge in [-0.05, 0) is 41.8 Å². The topological polar surface area (TPSA) is 64.4 Å². The van der Waals surface area contributed by atoms with E-state index >= 15 is 0 Å². The fraction of sp³-hybridized carbons (Fsp3) is 0.240. The lowest BCUT2D eigenvalue weighted by molar-refractivity contribution is 0.156. The molecule has 1 aliphatic rings. The molecule has 1 fully saturated rings. The first-order valence-electron chi connectivity index (χ1n) is 10.4. The van der Waals surface area contributed by atoms with E-state index in [1.807, 2.05) is 36.4 Å². The molecule has 0 saturated carbocycles. The lowest BCUT2D eigenvalue weighted by Crippen LogP contribution is -2.49. The zero-order valence-corrected chi connectivity index (χ0v) is 18.3. The molecule has 31 heavy (non-hydrogen) atoms. The second-order valence-corrected chi connectivity index (χ2v) is 9.66. The number of hydrogen-bond donors (Lipinski definition) is 0. The van der Waals surface area contributed by atoms with Crippen molar-refractivity contribution in [1.82, 2.24) is 9.21 Å². The van der Waals surface area contributed by atoms with Crippen LogP contribution in [0, 0.1) is 18.3 Å². The monoisotopic (exact) mass is 431 g/mol. The van der Waals surface area contributed by atoms with E-state index in [0.29, 0.717) is 37.3 Å². The molecule has 6 heteroatoms. The lowest BCUT2D eigenvalue weighted by Gasteiger charge is -2.39. The van der Waals surface area contributed by atoms with Crippen molar-refractivity contribution in [3.63, 3.8) is 0 Å². The van der Waals surface area contributed by atoms with Crippen LogP contribution in [0.5, 0.6) is 0 Å². The largest absolute Gasteiger partial charge is 0.290 e. The third-order valence-corrected chi connectivity index (χ3v) is 7.85.